The van der Waals surface area contributed by atoms with Crippen LogP contribution in [0.25, 0.3) is 0 Å². The Morgan fingerprint density at radius 2 is 1.94 bits per heavy atom. The molecular formula is C24H32N2O5. The highest BCUT2D eigenvalue weighted by Crippen LogP contribution is 2.37. The topological polar surface area (TPSA) is 77.1 Å². The van der Waals surface area contributed by atoms with Gasteiger partial charge < -0.3 is 24.4 Å². The van der Waals surface area contributed by atoms with E-state index in [1.807, 2.05) is 0 Å². The Hall–Kier alpha value is -2.12. The molecule has 2 atom stereocenters. The Kier molecular flexibility index (Phi) is 5.89. The molecule has 1 spiro atoms. The fourth-order valence-electron chi connectivity index (χ4n) is 5.90. The van der Waals surface area contributed by atoms with E-state index < -0.39 is 5.54 Å². The lowest BCUT2D eigenvalue weighted by atomic mass is 9.79. The van der Waals surface area contributed by atoms with E-state index in [0.29, 0.717) is 32.3 Å². The van der Waals surface area contributed by atoms with Crippen molar-refractivity contribution in [2.45, 2.75) is 68.5 Å². The summed E-state index contributed by atoms with van der Waals surface area (Å²) in [6, 6.07) is 8.27. The van der Waals surface area contributed by atoms with Crippen molar-refractivity contribution in [3.63, 3.8) is 0 Å². The number of ether oxygens (including phenoxy) is 3. The highest BCUT2D eigenvalue weighted by molar-refractivity contribution is 5.79. The molecule has 168 valence electrons. The van der Waals surface area contributed by atoms with Crippen molar-refractivity contribution in [1.29, 1.82) is 0 Å². The van der Waals surface area contributed by atoms with E-state index in [1.165, 1.54) is 11.1 Å². The van der Waals surface area contributed by atoms with Gasteiger partial charge in [-0.25, -0.2) is 4.79 Å². The quantitative estimate of drug-likeness (QED) is 0.688. The van der Waals surface area contributed by atoms with E-state index in [2.05, 4.69) is 29.6 Å². The molecule has 4 aliphatic heterocycles. The first-order chi connectivity index (χ1) is 15.1. The van der Waals surface area contributed by atoms with Gasteiger partial charge in [-0.1, -0.05) is 24.3 Å². The van der Waals surface area contributed by atoms with Gasteiger partial charge >= 0.3 is 6.09 Å². The zero-order valence-electron chi connectivity index (χ0n) is 18.0. The Labute approximate surface area is 183 Å². The van der Waals surface area contributed by atoms with Crippen molar-refractivity contribution in [2.24, 2.45) is 0 Å². The second-order valence-electron chi connectivity index (χ2n) is 9.38. The van der Waals surface area contributed by atoms with E-state index >= 15 is 0 Å². The van der Waals surface area contributed by atoms with Gasteiger partial charge in [-0.05, 0) is 55.6 Å². The molecular weight excluding hydrogens is 396 g/mol. The zero-order valence-corrected chi connectivity index (χ0v) is 18.0. The number of nitrogens with one attached hydrogen (secondary N) is 1. The van der Waals surface area contributed by atoms with Crippen LogP contribution in [0.15, 0.2) is 24.3 Å². The van der Waals surface area contributed by atoms with Crippen LogP contribution in [0, 0.1) is 0 Å². The monoisotopic (exact) mass is 428 g/mol. The van der Waals surface area contributed by atoms with Crippen molar-refractivity contribution < 1.29 is 23.8 Å². The maximum Gasteiger partial charge on any atom is 0.410 e. The summed E-state index contributed by atoms with van der Waals surface area (Å²) in [6.07, 6.45) is 6.41. The molecule has 5 aliphatic rings. The Bertz CT molecular complexity index is 818. The lowest BCUT2D eigenvalue weighted by Gasteiger charge is -2.51. The van der Waals surface area contributed by atoms with Crippen LogP contribution < -0.4 is 5.32 Å². The van der Waals surface area contributed by atoms with Crippen LogP contribution >= 0.6 is 0 Å². The van der Waals surface area contributed by atoms with Crippen LogP contribution in [0.1, 0.15) is 55.6 Å². The standard InChI is InChI=1S/C24H32N2O5/c27-22-15-29-16-24(25-22)11-3-12-26-21(24)14-31-19-8-6-18(7-9-19)20-5-2-1-4-17(20)10-13-30-23(26)28/h1-2,4-5,18-19,21H,3,6-16H2,(H,25,27). The second kappa shape index (κ2) is 8.79. The fourth-order valence-corrected chi connectivity index (χ4v) is 5.90. The second-order valence-corrected chi connectivity index (χ2v) is 9.38. The number of amides is 2. The van der Waals surface area contributed by atoms with Gasteiger partial charge in [0.1, 0.15) is 6.61 Å². The van der Waals surface area contributed by atoms with Gasteiger partial charge in [0.25, 0.3) is 0 Å². The molecule has 1 N–H and O–H groups in total. The number of hydrogen-bond donors (Lipinski definition) is 1. The van der Waals surface area contributed by atoms with Crippen LogP contribution in [0.2, 0.25) is 0 Å². The molecule has 6 rings (SSSR count). The minimum atomic E-state index is -0.604. The average Bonchev–Trinajstić information content (AvgIpc) is 2.78. The van der Waals surface area contributed by atoms with Gasteiger partial charge in [-0.3, -0.25) is 4.79 Å². The summed E-state index contributed by atoms with van der Waals surface area (Å²) in [6.45, 7) is 1.82. The predicted molar refractivity (Wildman–Crippen MR) is 114 cm³/mol. The highest BCUT2D eigenvalue weighted by atomic mass is 16.6. The Morgan fingerprint density at radius 3 is 2.77 bits per heavy atom. The van der Waals surface area contributed by atoms with Crippen molar-refractivity contribution in [3.05, 3.63) is 35.4 Å². The lowest BCUT2D eigenvalue weighted by Crippen LogP contribution is -2.72. The molecule has 1 aromatic carbocycles. The minimum absolute atomic E-state index is 0.0726. The van der Waals surface area contributed by atoms with Crippen molar-refractivity contribution in [2.75, 3.05) is 33.0 Å². The molecule has 2 amide bonds. The number of morpholine rings is 1. The third-order valence-electron chi connectivity index (χ3n) is 7.51. The van der Waals surface area contributed by atoms with Crippen LogP contribution in [0.4, 0.5) is 4.79 Å². The molecule has 1 aliphatic carbocycles. The van der Waals surface area contributed by atoms with Crippen molar-refractivity contribution >= 4 is 12.0 Å². The number of benzene rings is 1. The molecule has 2 bridgehead atoms. The maximum absolute atomic E-state index is 13.1. The third-order valence-corrected chi connectivity index (χ3v) is 7.51. The maximum atomic E-state index is 13.1. The Balaban J connectivity index is 1.41. The lowest BCUT2D eigenvalue weighted by molar-refractivity contribution is -0.144. The molecule has 7 nitrogen and oxygen atoms in total. The van der Waals surface area contributed by atoms with Crippen LogP contribution in [-0.4, -0.2) is 67.6 Å². The van der Waals surface area contributed by atoms with Gasteiger partial charge in [0.2, 0.25) is 5.91 Å². The number of nitrogens with zero attached hydrogens (tertiary/aromatic N) is 1. The average molecular weight is 429 g/mol. The van der Waals surface area contributed by atoms with Gasteiger partial charge in [0.15, 0.2) is 0 Å². The summed E-state index contributed by atoms with van der Waals surface area (Å²) in [4.78, 5) is 27.0. The third kappa shape index (κ3) is 4.17. The summed E-state index contributed by atoms with van der Waals surface area (Å²) in [5.74, 6) is 0.413. The summed E-state index contributed by atoms with van der Waals surface area (Å²) < 4.78 is 17.7. The molecule has 7 heteroatoms. The van der Waals surface area contributed by atoms with Crippen molar-refractivity contribution in [3.8, 4) is 0 Å². The SMILES string of the molecule is O=C1COCC2(CCCN3C(=O)OCCc4ccccc4C4CCC(CC4)OCC32)N1. The molecule has 1 aromatic rings. The largest absolute Gasteiger partial charge is 0.449 e. The molecule has 3 fully saturated rings. The molecule has 4 heterocycles. The number of piperidine rings is 1. The summed E-state index contributed by atoms with van der Waals surface area (Å²) in [5, 5.41) is 3.15. The molecule has 2 unspecified atom stereocenters. The minimum Gasteiger partial charge on any atom is -0.449 e. The number of carbonyl (C=O) groups is 2. The first-order valence-electron chi connectivity index (χ1n) is 11.7. The first-order valence-corrected chi connectivity index (χ1v) is 11.7. The van der Waals surface area contributed by atoms with Gasteiger partial charge in [0.05, 0.1) is 37.5 Å². The van der Waals surface area contributed by atoms with E-state index in [0.717, 1.165) is 44.9 Å². The molecule has 31 heavy (non-hydrogen) atoms. The summed E-state index contributed by atoms with van der Waals surface area (Å²) in [7, 11) is 0. The summed E-state index contributed by atoms with van der Waals surface area (Å²) >= 11 is 0. The van der Waals surface area contributed by atoms with Gasteiger partial charge in [-0.2, -0.15) is 0 Å². The number of fused-ring (bicyclic) bond motifs is 6. The number of carbonyl (C=O) groups excluding carboxylic acids is 2. The van der Waals surface area contributed by atoms with Gasteiger partial charge in [0, 0.05) is 13.0 Å². The fraction of sp³-hybridized carbons (Fsp3) is 0.667. The smallest absolute Gasteiger partial charge is 0.410 e. The summed E-state index contributed by atoms with van der Waals surface area (Å²) in [5.41, 5.74) is 2.07. The normalized spacial score (nSPS) is 34.3. The van der Waals surface area contributed by atoms with Crippen LogP contribution in [0.3, 0.4) is 0 Å². The van der Waals surface area contributed by atoms with Gasteiger partial charge in [-0.15, -0.1) is 0 Å². The van der Waals surface area contributed by atoms with E-state index in [1.54, 1.807) is 4.90 Å². The molecule has 2 saturated heterocycles. The predicted octanol–water partition coefficient (Wildman–Crippen LogP) is 2.77. The van der Waals surface area contributed by atoms with Crippen LogP contribution in [0.5, 0.6) is 0 Å². The number of rotatable bonds is 0. The van der Waals surface area contributed by atoms with E-state index in [-0.39, 0.29) is 30.8 Å². The zero-order chi connectivity index (χ0) is 21.3. The molecule has 1 saturated carbocycles. The highest BCUT2D eigenvalue weighted by Gasteiger charge is 2.50. The van der Waals surface area contributed by atoms with E-state index in [9.17, 15) is 9.59 Å². The van der Waals surface area contributed by atoms with E-state index in [4.69, 9.17) is 14.2 Å². The van der Waals surface area contributed by atoms with Crippen LogP contribution in [-0.2, 0) is 25.4 Å². The molecule has 0 radical (unpaired) electrons. The first kappa shape index (κ1) is 20.8. The molecule has 0 aromatic heterocycles. The Morgan fingerprint density at radius 1 is 1.10 bits per heavy atom. The van der Waals surface area contributed by atoms with Crippen molar-refractivity contribution in [1.82, 2.24) is 10.2 Å². The number of hydrogen-bond acceptors (Lipinski definition) is 5.